The number of guanidine groups is 2. The van der Waals surface area contributed by atoms with E-state index >= 15 is 0 Å². The number of carbonyl (C=O) groups excluding carboxylic acids is 8. The zero-order valence-corrected chi connectivity index (χ0v) is 44.4. The molecule has 0 aliphatic carbocycles. The van der Waals surface area contributed by atoms with Gasteiger partial charge in [0.1, 0.15) is 42.3 Å². The molecular formula is C46H76N16O11S2. The van der Waals surface area contributed by atoms with E-state index in [4.69, 9.17) is 28.7 Å². The number of carboxylic acid groups (broad SMARTS) is 1. The largest absolute Gasteiger partial charge is 0.480 e. The van der Waals surface area contributed by atoms with Gasteiger partial charge >= 0.3 is 5.97 Å². The van der Waals surface area contributed by atoms with Crippen LogP contribution in [0.1, 0.15) is 71.8 Å². The quantitative estimate of drug-likeness (QED) is 0.0136. The Hall–Kier alpha value is -6.85. The minimum absolute atomic E-state index is 0.0273. The van der Waals surface area contributed by atoms with Crippen molar-refractivity contribution in [1.29, 1.82) is 0 Å². The van der Waals surface area contributed by atoms with Gasteiger partial charge in [-0.25, -0.2) is 4.79 Å². The fraction of sp³-hybridized carbons (Fsp3) is 0.587. The number of benzene rings is 1. The van der Waals surface area contributed by atoms with Crippen molar-refractivity contribution in [3.05, 3.63) is 36.0 Å². The zero-order chi connectivity index (χ0) is 56.4. The molecular weight excluding hydrogens is 1020 g/mol. The number of para-hydroxylation sites is 1. The second kappa shape index (κ2) is 33.1. The maximum atomic E-state index is 14.7. The number of aliphatic imine (C=N–C) groups is 2. The van der Waals surface area contributed by atoms with Gasteiger partial charge in [0, 0.05) is 48.1 Å². The third-order valence-electron chi connectivity index (χ3n) is 11.6. The third kappa shape index (κ3) is 22.7. The molecule has 0 bridgehead atoms. The van der Waals surface area contributed by atoms with E-state index in [0.29, 0.717) is 22.9 Å². The number of H-pyrrole nitrogens is 1. The number of aliphatic carboxylic acids is 1. The van der Waals surface area contributed by atoms with Crippen LogP contribution in [0.5, 0.6) is 0 Å². The lowest BCUT2D eigenvalue weighted by Gasteiger charge is -2.29. The van der Waals surface area contributed by atoms with Crippen LogP contribution in [0.4, 0.5) is 0 Å². The first-order chi connectivity index (χ1) is 35.5. The summed E-state index contributed by atoms with van der Waals surface area (Å²) in [6.07, 6.45) is 2.00. The number of thiol groups is 2. The van der Waals surface area contributed by atoms with Crippen LogP contribution < -0.4 is 71.2 Å². The van der Waals surface area contributed by atoms with Crippen LogP contribution in [0.2, 0.25) is 0 Å². The Morgan fingerprint density at radius 1 is 0.653 bits per heavy atom. The average Bonchev–Trinajstić information content (AvgIpc) is 3.77. The summed E-state index contributed by atoms with van der Waals surface area (Å²) < 4.78 is 0. The van der Waals surface area contributed by atoms with Crippen LogP contribution in [0, 0.1) is 11.8 Å². The summed E-state index contributed by atoms with van der Waals surface area (Å²) in [7, 11) is 0. The number of amides is 8. The molecule has 1 aromatic heterocycles. The van der Waals surface area contributed by atoms with E-state index in [1.165, 1.54) is 0 Å². The molecule has 0 spiro atoms. The first kappa shape index (κ1) is 64.3. The van der Waals surface area contributed by atoms with Crippen LogP contribution in [0.25, 0.3) is 10.9 Å². The number of hydrogen-bond donors (Lipinski definition) is 18. The first-order valence-electron chi connectivity index (χ1n) is 24.3. The van der Waals surface area contributed by atoms with Gasteiger partial charge in [0.2, 0.25) is 47.3 Å². The lowest BCUT2D eigenvalue weighted by atomic mass is 9.96. The maximum Gasteiger partial charge on any atom is 0.327 e. The van der Waals surface area contributed by atoms with Crippen LogP contribution in [0.3, 0.4) is 0 Å². The summed E-state index contributed by atoms with van der Waals surface area (Å²) in [6.45, 7) is 5.62. The standard InChI is InChI=1S/C46H76N16O11S2/c1-5-24(4)36(43(71)60-31(16-23(2)3)38(66)55-19-35(64)56-34(22-75)44(72)73)62-40(68)30(13-9-15-53-46(50)51)57-41(69)32(17-25-18-54-28-11-7-6-10-26(25)28)59-39(67)29(12-8-14-52-45(48)49)58-42(70)33(20-63)61-37(65)27(47)21-74/h6-7,10-11,18,23-24,27,29-34,36,54,63,74-75H,5,8-9,12-17,19-22,47H2,1-4H3,(H,55,66)(H,56,64)(H,57,69)(H,58,70)(H,59,67)(H,60,71)(H,61,65)(H,62,68)(H,72,73)(H4,48,49,52)(H4,50,51,53)/t24-,27-,29-,30-,31-,32-,33-,34-,36-/m0/s1. The second-order valence-corrected chi connectivity index (χ2v) is 18.8. The van der Waals surface area contributed by atoms with E-state index in [9.17, 15) is 53.4 Å². The molecule has 1 aromatic carbocycles. The lowest BCUT2D eigenvalue weighted by Crippen LogP contribution is -2.61. The predicted molar refractivity (Wildman–Crippen MR) is 288 cm³/mol. The van der Waals surface area contributed by atoms with Crippen molar-refractivity contribution in [3.8, 4) is 0 Å². The highest BCUT2D eigenvalue weighted by atomic mass is 32.1. The van der Waals surface area contributed by atoms with Crippen molar-refractivity contribution < 1.29 is 53.4 Å². The number of hydrogen-bond acceptors (Lipinski definition) is 15. The molecule has 0 saturated carbocycles. The highest BCUT2D eigenvalue weighted by Crippen LogP contribution is 2.20. The Morgan fingerprint density at radius 3 is 1.69 bits per heavy atom. The summed E-state index contributed by atoms with van der Waals surface area (Å²) >= 11 is 7.91. The SMILES string of the molecule is CC[C@H](C)[C@H](NC(=O)[C@H](CCCN=C(N)N)NC(=O)[C@H](Cc1c[nH]c2ccccc12)NC(=O)[C@H](CCCN=C(N)N)NC(=O)[C@H](CO)NC(=O)[C@@H](N)CS)C(=O)N[C@@H](CC(C)C)C(=O)NCC(=O)N[C@@H](CS)C(=O)O. The number of nitrogens with one attached hydrogen (secondary N) is 9. The van der Waals surface area contributed by atoms with Gasteiger partial charge in [-0.3, -0.25) is 48.3 Å². The minimum atomic E-state index is -1.55. The van der Waals surface area contributed by atoms with Gasteiger partial charge in [-0.2, -0.15) is 25.3 Å². The molecule has 0 saturated heterocycles. The normalized spacial score (nSPS) is 14.7. The number of carboxylic acids is 1. The average molecular weight is 1090 g/mol. The first-order valence-corrected chi connectivity index (χ1v) is 25.6. The number of aromatic amines is 1. The van der Waals surface area contributed by atoms with Gasteiger partial charge in [-0.15, -0.1) is 0 Å². The monoisotopic (exact) mass is 1090 g/mol. The molecule has 0 unspecified atom stereocenters. The van der Waals surface area contributed by atoms with Crippen molar-refractivity contribution in [2.24, 2.45) is 50.5 Å². The smallest absolute Gasteiger partial charge is 0.327 e. The van der Waals surface area contributed by atoms with Gasteiger partial charge in [0.15, 0.2) is 11.9 Å². The molecule has 0 aliphatic rings. The molecule has 27 nitrogen and oxygen atoms in total. The molecule has 8 amide bonds. The summed E-state index contributed by atoms with van der Waals surface area (Å²) in [6, 6.07) is -3.58. The minimum Gasteiger partial charge on any atom is -0.480 e. The zero-order valence-electron chi connectivity index (χ0n) is 42.6. The highest BCUT2D eigenvalue weighted by molar-refractivity contribution is 7.80. The molecule has 0 fully saturated rings. The summed E-state index contributed by atoms with van der Waals surface area (Å²) in [5.74, 6) is -9.43. The Kier molecular flexibility index (Phi) is 28.4. The molecule has 1 heterocycles. The second-order valence-electron chi connectivity index (χ2n) is 18.1. The van der Waals surface area contributed by atoms with Crippen molar-refractivity contribution in [2.45, 2.75) is 121 Å². The fourth-order valence-electron chi connectivity index (χ4n) is 7.29. The highest BCUT2D eigenvalue weighted by Gasteiger charge is 2.35. The van der Waals surface area contributed by atoms with E-state index in [-0.39, 0.29) is 81.0 Å². The number of carbonyl (C=O) groups is 9. The molecule has 75 heavy (non-hydrogen) atoms. The predicted octanol–water partition coefficient (Wildman–Crippen LogP) is -4.32. The van der Waals surface area contributed by atoms with E-state index in [1.54, 1.807) is 58.2 Å². The van der Waals surface area contributed by atoms with E-state index in [2.05, 4.69) is 82.8 Å². The van der Waals surface area contributed by atoms with Crippen LogP contribution in [-0.2, 0) is 49.6 Å². The molecule has 9 atom stereocenters. The van der Waals surface area contributed by atoms with Crippen molar-refractivity contribution >= 4 is 101 Å². The summed E-state index contributed by atoms with van der Waals surface area (Å²) in [4.78, 5) is 132. The van der Waals surface area contributed by atoms with Gasteiger partial charge in [0.05, 0.1) is 19.2 Å². The number of aliphatic hydroxyl groups is 1. The van der Waals surface area contributed by atoms with Crippen molar-refractivity contribution in [3.63, 3.8) is 0 Å². The van der Waals surface area contributed by atoms with Gasteiger partial charge in [0.25, 0.3) is 0 Å². The Bertz CT molecular complexity index is 2310. The summed E-state index contributed by atoms with van der Waals surface area (Å²) in [5, 5.41) is 40.4. The maximum absolute atomic E-state index is 14.7. The molecule has 2 rings (SSSR count). The number of nitrogens with zero attached hydrogens (tertiary/aromatic N) is 2. The van der Waals surface area contributed by atoms with E-state index in [1.807, 2.05) is 0 Å². The van der Waals surface area contributed by atoms with Gasteiger partial charge < -0.3 is 86.4 Å². The van der Waals surface area contributed by atoms with Crippen LogP contribution >= 0.6 is 25.3 Å². The number of aromatic nitrogens is 1. The molecule has 0 aliphatic heterocycles. The van der Waals surface area contributed by atoms with Gasteiger partial charge in [-0.1, -0.05) is 52.3 Å². The van der Waals surface area contributed by atoms with Gasteiger partial charge in [-0.05, 0) is 55.6 Å². The Labute approximate surface area is 445 Å². The van der Waals surface area contributed by atoms with Crippen LogP contribution in [0.15, 0.2) is 40.4 Å². The third-order valence-corrected chi connectivity index (χ3v) is 12.4. The number of rotatable bonds is 34. The Morgan fingerprint density at radius 2 is 1.17 bits per heavy atom. The Balaban J connectivity index is 2.57. The number of fused-ring (bicyclic) bond motifs is 1. The number of aliphatic hydroxyl groups excluding tert-OH is 1. The topological polar surface area (TPSA) is 461 Å². The lowest BCUT2D eigenvalue weighted by molar-refractivity contribution is -0.141. The molecule has 21 N–H and O–H groups in total. The van der Waals surface area contributed by atoms with E-state index < -0.39 is 121 Å². The molecule has 2 aromatic rings. The molecule has 0 radical (unpaired) electrons. The molecule has 29 heteroatoms. The van der Waals surface area contributed by atoms with Crippen LogP contribution in [-0.4, -0.2) is 166 Å². The van der Waals surface area contributed by atoms with E-state index in [0.717, 1.165) is 0 Å². The van der Waals surface area contributed by atoms with Crippen molar-refractivity contribution in [1.82, 2.24) is 47.5 Å². The molecule has 418 valence electrons. The fourth-order valence-corrected chi connectivity index (χ4v) is 7.70. The van der Waals surface area contributed by atoms with Crippen molar-refractivity contribution in [2.75, 3.05) is 37.7 Å². The number of nitrogens with two attached hydrogens (primary N) is 5. The summed E-state index contributed by atoms with van der Waals surface area (Å²) in [5.41, 5.74) is 29.1.